The molecule has 0 bridgehead atoms. The van der Waals surface area contributed by atoms with Crippen LogP contribution in [0.15, 0.2) is 18.2 Å². The van der Waals surface area contributed by atoms with E-state index in [4.69, 9.17) is 18.9 Å². The van der Waals surface area contributed by atoms with Gasteiger partial charge in [0.1, 0.15) is 11.8 Å². The fourth-order valence-corrected chi connectivity index (χ4v) is 4.11. The van der Waals surface area contributed by atoms with Crippen molar-refractivity contribution in [2.24, 2.45) is 0 Å². The number of hydrogen-bond donors (Lipinski definition) is 0. The highest BCUT2D eigenvalue weighted by Crippen LogP contribution is 2.42. The summed E-state index contributed by atoms with van der Waals surface area (Å²) in [7, 11) is 3.21. The summed E-state index contributed by atoms with van der Waals surface area (Å²) in [5, 5.41) is 0. The monoisotopic (exact) mass is 440 g/mol. The minimum atomic E-state index is -0.547. The van der Waals surface area contributed by atoms with E-state index in [0.717, 1.165) is 24.1 Å². The third kappa shape index (κ3) is 6.52. The summed E-state index contributed by atoms with van der Waals surface area (Å²) in [5.74, 6) is 0.711. The summed E-state index contributed by atoms with van der Waals surface area (Å²) in [4.78, 5) is 24.5. The van der Waals surface area contributed by atoms with Crippen molar-refractivity contribution in [3.8, 4) is 11.5 Å². The van der Waals surface area contributed by atoms with Gasteiger partial charge in [-0.25, -0.2) is 13.4 Å². The molecule has 0 fully saturated rings. The Kier molecular flexibility index (Phi) is 8.81. The number of carbonyl (C=O) groups excluding carboxylic acids is 2. The molecule has 0 spiro atoms. The number of esters is 1. The minimum Gasteiger partial charge on any atom is -0.483 e. The number of ether oxygens (including phenoxy) is 4. The first-order valence-corrected chi connectivity index (χ1v) is 10.8. The summed E-state index contributed by atoms with van der Waals surface area (Å²) in [6, 6.07) is 5.55. The van der Waals surface area contributed by atoms with Crippen LogP contribution in [0.3, 0.4) is 0 Å². The van der Waals surface area contributed by atoms with Crippen LogP contribution in [0.1, 0.15) is 46.1 Å². The Morgan fingerprint density at radius 3 is 2.67 bits per heavy atom. The molecular formula is C21H32N2O6S. The molecule has 0 aromatic heterocycles. The number of rotatable bonds is 10. The first-order valence-electron chi connectivity index (χ1n) is 10.1. The number of amides is 1. The molecule has 0 aliphatic carbocycles. The predicted octanol–water partition coefficient (Wildman–Crippen LogP) is 4.03. The summed E-state index contributed by atoms with van der Waals surface area (Å²) in [6.07, 6.45) is 0.813. The summed E-state index contributed by atoms with van der Waals surface area (Å²) >= 11 is 1.14. The van der Waals surface area contributed by atoms with Crippen LogP contribution in [-0.2, 0) is 20.7 Å². The van der Waals surface area contributed by atoms with Crippen LogP contribution < -0.4 is 9.47 Å². The van der Waals surface area contributed by atoms with Gasteiger partial charge in [-0.05, 0) is 33.3 Å². The number of fused-ring (bicyclic) bond motifs is 1. The fourth-order valence-electron chi connectivity index (χ4n) is 3.18. The smallest absolute Gasteiger partial charge is 0.426 e. The van der Waals surface area contributed by atoms with E-state index in [1.165, 1.54) is 4.31 Å². The zero-order chi connectivity index (χ0) is 22.3. The van der Waals surface area contributed by atoms with Gasteiger partial charge in [0.25, 0.3) is 0 Å². The van der Waals surface area contributed by atoms with Crippen molar-refractivity contribution in [2.45, 2.75) is 58.8 Å². The van der Waals surface area contributed by atoms with E-state index in [-0.39, 0.29) is 24.2 Å². The number of benzene rings is 1. The Morgan fingerprint density at radius 1 is 1.30 bits per heavy atom. The standard InChI is InChI=1S/C21H32N2O6S/c1-7-17(26-6)23(13-12-18(24)27-8-2)30-22(5)20(25)28-16-11-9-10-15-14-21(3,4)29-19(15)16/h9-11,17H,7-8,12-14H2,1-6H3. The van der Waals surface area contributed by atoms with Crippen molar-refractivity contribution in [1.82, 2.24) is 8.61 Å². The van der Waals surface area contributed by atoms with Gasteiger partial charge in [-0.1, -0.05) is 19.1 Å². The van der Waals surface area contributed by atoms with Crippen molar-refractivity contribution in [3.05, 3.63) is 23.8 Å². The average molecular weight is 441 g/mol. The van der Waals surface area contributed by atoms with Gasteiger partial charge in [0, 0.05) is 44.8 Å². The molecule has 0 radical (unpaired) electrons. The van der Waals surface area contributed by atoms with Crippen molar-refractivity contribution in [1.29, 1.82) is 0 Å². The van der Waals surface area contributed by atoms with E-state index in [2.05, 4.69) is 0 Å². The van der Waals surface area contributed by atoms with Gasteiger partial charge in [-0.15, -0.1) is 0 Å². The predicted molar refractivity (Wildman–Crippen MR) is 115 cm³/mol. The molecule has 1 aliphatic heterocycles. The average Bonchev–Trinajstić information content (AvgIpc) is 3.01. The Balaban J connectivity index is 2.03. The molecule has 2 rings (SSSR count). The van der Waals surface area contributed by atoms with Crippen molar-refractivity contribution in [3.63, 3.8) is 0 Å². The maximum absolute atomic E-state index is 12.7. The highest BCUT2D eigenvalue weighted by molar-refractivity contribution is 7.95. The van der Waals surface area contributed by atoms with Crippen molar-refractivity contribution in [2.75, 3.05) is 27.3 Å². The lowest BCUT2D eigenvalue weighted by Gasteiger charge is -2.30. The summed E-state index contributed by atoms with van der Waals surface area (Å²) in [5.41, 5.74) is 0.685. The SMILES string of the molecule is CCOC(=O)CCN(SN(C)C(=O)Oc1cccc2c1OC(C)(C)C2)C(CC)OC. The largest absolute Gasteiger partial charge is 0.483 e. The van der Waals surface area contributed by atoms with Crippen LogP contribution in [0, 0.1) is 0 Å². The van der Waals surface area contributed by atoms with Crippen LogP contribution in [0.2, 0.25) is 0 Å². The second kappa shape index (κ2) is 10.9. The van der Waals surface area contributed by atoms with Gasteiger partial charge >= 0.3 is 12.1 Å². The Bertz CT molecular complexity index is 738. The van der Waals surface area contributed by atoms with E-state index in [1.807, 2.05) is 37.2 Å². The van der Waals surface area contributed by atoms with Gasteiger partial charge in [0.2, 0.25) is 0 Å². The molecule has 1 aromatic carbocycles. The maximum Gasteiger partial charge on any atom is 0.426 e. The quantitative estimate of drug-likeness (QED) is 0.307. The molecule has 1 atom stereocenters. The van der Waals surface area contributed by atoms with Gasteiger partial charge in [0.15, 0.2) is 11.5 Å². The lowest BCUT2D eigenvalue weighted by atomic mass is 10.0. The van der Waals surface area contributed by atoms with E-state index in [9.17, 15) is 9.59 Å². The Morgan fingerprint density at radius 2 is 2.03 bits per heavy atom. The molecule has 0 saturated heterocycles. The Hall–Kier alpha value is -1.97. The molecule has 1 heterocycles. The Labute approximate surface area is 183 Å². The zero-order valence-electron chi connectivity index (χ0n) is 18.6. The number of hydrogen-bond acceptors (Lipinski definition) is 8. The molecular weight excluding hydrogens is 408 g/mol. The number of carbonyl (C=O) groups is 2. The molecule has 1 aliphatic rings. The lowest BCUT2D eigenvalue weighted by molar-refractivity contribution is -0.143. The summed E-state index contributed by atoms with van der Waals surface area (Å²) in [6.45, 7) is 8.43. The maximum atomic E-state index is 12.7. The van der Waals surface area contributed by atoms with Crippen LogP contribution in [0.5, 0.6) is 11.5 Å². The van der Waals surface area contributed by atoms with Crippen molar-refractivity contribution >= 4 is 24.2 Å². The number of nitrogens with zero attached hydrogens (tertiary/aromatic N) is 2. The summed E-state index contributed by atoms with van der Waals surface area (Å²) < 4.78 is 25.2. The van der Waals surface area contributed by atoms with Crippen LogP contribution >= 0.6 is 12.1 Å². The minimum absolute atomic E-state index is 0.193. The molecule has 1 unspecified atom stereocenters. The first-order chi connectivity index (χ1) is 14.2. The number of para-hydroxylation sites is 1. The van der Waals surface area contributed by atoms with Gasteiger partial charge in [-0.2, -0.15) is 0 Å². The van der Waals surface area contributed by atoms with Gasteiger partial charge in [-0.3, -0.25) is 4.79 Å². The van der Waals surface area contributed by atoms with Crippen molar-refractivity contribution < 1.29 is 28.5 Å². The van der Waals surface area contributed by atoms with Crippen LogP contribution in [-0.4, -0.2) is 59.8 Å². The molecule has 1 aromatic rings. The second-order valence-corrected chi connectivity index (χ2v) is 8.70. The highest BCUT2D eigenvalue weighted by atomic mass is 32.2. The topological polar surface area (TPSA) is 77.5 Å². The normalized spacial score (nSPS) is 15.3. The van der Waals surface area contributed by atoms with Crippen LogP contribution in [0.4, 0.5) is 4.79 Å². The van der Waals surface area contributed by atoms with Gasteiger partial charge in [0.05, 0.1) is 13.0 Å². The van der Waals surface area contributed by atoms with E-state index in [1.54, 1.807) is 27.1 Å². The molecule has 1 amide bonds. The third-order valence-electron chi connectivity index (χ3n) is 4.52. The fraction of sp³-hybridized carbons (Fsp3) is 0.619. The molecule has 30 heavy (non-hydrogen) atoms. The zero-order valence-corrected chi connectivity index (χ0v) is 19.4. The third-order valence-corrected chi connectivity index (χ3v) is 5.54. The van der Waals surface area contributed by atoms with Gasteiger partial charge < -0.3 is 18.9 Å². The van der Waals surface area contributed by atoms with E-state index < -0.39 is 6.09 Å². The van der Waals surface area contributed by atoms with Crippen LogP contribution in [0.25, 0.3) is 0 Å². The van der Waals surface area contributed by atoms with E-state index >= 15 is 0 Å². The highest BCUT2D eigenvalue weighted by Gasteiger charge is 2.33. The van der Waals surface area contributed by atoms with E-state index in [0.29, 0.717) is 31.1 Å². The molecule has 0 N–H and O–H groups in total. The molecule has 9 heteroatoms. The molecule has 0 saturated carbocycles. The first kappa shape index (κ1) is 24.3. The number of methoxy groups -OCH3 is 1. The lowest BCUT2D eigenvalue weighted by Crippen LogP contribution is -2.37. The molecule has 8 nitrogen and oxygen atoms in total. The second-order valence-electron chi connectivity index (χ2n) is 7.52. The molecule has 168 valence electrons.